The van der Waals surface area contributed by atoms with Gasteiger partial charge in [-0.2, -0.15) is 0 Å². The average Bonchev–Trinajstić information content (AvgIpc) is 3.09. The van der Waals surface area contributed by atoms with Gasteiger partial charge in [0.05, 0.1) is 6.54 Å². The summed E-state index contributed by atoms with van der Waals surface area (Å²) in [5.74, 6) is 0.949. The molecule has 1 aromatic carbocycles. The molecule has 1 aromatic heterocycles. The minimum absolute atomic E-state index is 0.0307. The Bertz CT molecular complexity index is 790. The third-order valence-corrected chi connectivity index (χ3v) is 5.65. The molecule has 1 saturated carbocycles. The zero-order valence-corrected chi connectivity index (χ0v) is 17.7. The molecule has 3 rings (SSSR count). The van der Waals surface area contributed by atoms with Gasteiger partial charge in [-0.05, 0) is 51.7 Å². The van der Waals surface area contributed by atoms with Crippen LogP contribution in [0.2, 0.25) is 0 Å². The number of benzene rings is 1. The topological polar surface area (TPSA) is 50.2 Å². The van der Waals surface area contributed by atoms with Crippen LogP contribution in [-0.4, -0.2) is 32.6 Å². The molecule has 1 fully saturated rings. The van der Waals surface area contributed by atoms with E-state index in [2.05, 4.69) is 46.9 Å². The Kier molecular flexibility index (Phi) is 6.76. The predicted molar refractivity (Wildman–Crippen MR) is 113 cm³/mol. The van der Waals surface area contributed by atoms with Crippen LogP contribution in [0, 0.1) is 13.8 Å². The summed E-state index contributed by atoms with van der Waals surface area (Å²) in [4.78, 5) is 19.5. The number of urea groups is 1. The van der Waals surface area contributed by atoms with Crippen molar-refractivity contribution in [3.05, 3.63) is 53.1 Å². The lowest BCUT2D eigenvalue weighted by atomic mass is 9.94. The number of nitrogens with zero attached hydrogens (tertiary/aromatic N) is 3. The average molecular weight is 383 g/mol. The lowest BCUT2D eigenvalue weighted by Crippen LogP contribution is -2.48. The van der Waals surface area contributed by atoms with E-state index in [9.17, 15) is 4.79 Å². The zero-order chi connectivity index (χ0) is 20.1. The first-order valence-corrected chi connectivity index (χ1v) is 10.6. The lowest BCUT2D eigenvalue weighted by molar-refractivity contribution is 0.146. The van der Waals surface area contributed by atoms with E-state index in [1.807, 2.05) is 31.1 Å². The first-order valence-electron chi connectivity index (χ1n) is 10.6. The van der Waals surface area contributed by atoms with Gasteiger partial charge in [-0.1, -0.05) is 43.0 Å². The predicted octanol–water partition coefficient (Wildman–Crippen LogP) is 4.80. The molecule has 0 spiro atoms. The molecule has 0 saturated heterocycles. The number of aryl methyl sites for hydroxylation is 2. The van der Waals surface area contributed by atoms with Crippen molar-refractivity contribution >= 4 is 6.03 Å². The minimum atomic E-state index is 0.0307. The molecule has 1 aliphatic carbocycles. The molecule has 28 heavy (non-hydrogen) atoms. The summed E-state index contributed by atoms with van der Waals surface area (Å²) >= 11 is 0. The van der Waals surface area contributed by atoms with Crippen molar-refractivity contribution in [1.82, 2.24) is 19.8 Å². The van der Waals surface area contributed by atoms with E-state index in [0.717, 1.165) is 25.2 Å². The highest BCUT2D eigenvalue weighted by molar-refractivity contribution is 5.74. The number of rotatable bonds is 6. The Morgan fingerprint density at radius 2 is 2.00 bits per heavy atom. The fourth-order valence-electron chi connectivity index (χ4n) is 4.03. The molecule has 0 atom stereocenters. The van der Waals surface area contributed by atoms with Crippen molar-refractivity contribution < 1.29 is 4.79 Å². The van der Waals surface area contributed by atoms with Crippen molar-refractivity contribution in [2.75, 3.05) is 0 Å². The Hall–Kier alpha value is -2.30. The summed E-state index contributed by atoms with van der Waals surface area (Å²) < 4.78 is 2.18. The molecule has 0 bridgehead atoms. The van der Waals surface area contributed by atoms with Gasteiger partial charge in [0, 0.05) is 31.0 Å². The standard InChI is InChI=1S/C23H34N4O/c1-17(2)25-23(28)27(21-8-6-5-7-9-21)16-22-24-12-13-26(22)15-20-14-18(3)10-11-19(20)4/h10-14,17,21H,5-9,15-16H2,1-4H3,(H,25,28). The third kappa shape index (κ3) is 5.15. The highest BCUT2D eigenvalue weighted by Crippen LogP contribution is 2.24. The Labute approximate surface area is 169 Å². The van der Waals surface area contributed by atoms with Gasteiger partial charge < -0.3 is 14.8 Å². The first kappa shape index (κ1) is 20.4. The van der Waals surface area contributed by atoms with Crippen molar-refractivity contribution in [1.29, 1.82) is 0 Å². The van der Waals surface area contributed by atoms with Crippen LogP contribution in [0.25, 0.3) is 0 Å². The molecule has 5 heteroatoms. The second kappa shape index (κ2) is 9.26. The molecule has 0 aliphatic heterocycles. The van der Waals surface area contributed by atoms with E-state index in [1.165, 1.54) is 36.0 Å². The van der Waals surface area contributed by atoms with Gasteiger partial charge >= 0.3 is 6.03 Å². The third-order valence-electron chi connectivity index (χ3n) is 5.65. The largest absolute Gasteiger partial charge is 0.336 e. The Balaban J connectivity index is 1.80. The number of hydrogen-bond acceptors (Lipinski definition) is 2. The number of aromatic nitrogens is 2. The number of carbonyl (C=O) groups excluding carboxylic acids is 1. The van der Waals surface area contributed by atoms with E-state index in [1.54, 1.807) is 0 Å². The van der Waals surface area contributed by atoms with Gasteiger partial charge in [-0.3, -0.25) is 0 Å². The van der Waals surface area contributed by atoms with Gasteiger partial charge in [-0.15, -0.1) is 0 Å². The molecular formula is C23H34N4O. The summed E-state index contributed by atoms with van der Waals surface area (Å²) in [6.45, 7) is 9.64. The van der Waals surface area contributed by atoms with Crippen LogP contribution in [-0.2, 0) is 13.1 Å². The molecule has 152 valence electrons. The van der Waals surface area contributed by atoms with E-state index in [-0.39, 0.29) is 12.1 Å². The van der Waals surface area contributed by atoms with Crippen molar-refractivity contribution in [3.63, 3.8) is 0 Å². The number of carbonyl (C=O) groups is 1. The van der Waals surface area contributed by atoms with Gasteiger partial charge in [0.15, 0.2) is 0 Å². The summed E-state index contributed by atoms with van der Waals surface area (Å²) in [5, 5.41) is 3.09. The summed E-state index contributed by atoms with van der Waals surface area (Å²) in [5.41, 5.74) is 3.85. The monoisotopic (exact) mass is 382 g/mol. The van der Waals surface area contributed by atoms with Crippen LogP contribution < -0.4 is 5.32 Å². The van der Waals surface area contributed by atoms with Gasteiger partial charge in [0.1, 0.15) is 5.82 Å². The fraction of sp³-hybridized carbons (Fsp3) is 0.565. The SMILES string of the molecule is Cc1ccc(C)c(Cn2ccnc2CN(C(=O)NC(C)C)C2CCCCC2)c1. The highest BCUT2D eigenvalue weighted by atomic mass is 16.2. The highest BCUT2D eigenvalue weighted by Gasteiger charge is 2.27. The molecule has 2 aromatic rings. The number of amides is 2. The molecule has 1 heterocycles. The molecule has 1 aliphatic rings. The zero-order valence-electron chi connectivity index (χ0n) is 17.7. The number of hydrogen-bond donors (Lipinski definition) is 1. The molecule has 5 nitrogen and oxygen atoms in total. The smallest absolute Gasteiger partial charge is 0.318 e. The second-order valence-corrected chi connectivity index (χ2v) is 8.43. The fourth-order valence-corrected chi connectivity index (χ4v) is 4.03. The lowest BCUT2D eigenvalue weighted by Gasteiger charge is -2.34. The van der Waals surface area contributed by atoms with Gasteiger partial charge in [-0.25, -0.2) is 9.78 Å². The number of imidazole rings is 1. The van der Waals surface area contributed by atoms with Gasteiger partial charge in [0.25, 0.3) is 0 Å². The first-order chi connectivity index (χ1) is 13.4. The summed E-state index contributed by atoms with van der Waals surface area (Å²) in [6.07, 6.45) is 9.72. The van der Waals surface area contributed by atoms with Crippen LogP contribution in [0.1, 0.15) is 68.5 Å². The van der Waals surface area contributed by atoms with Crippen molar-refractivity contribution in [2.45, 2.75) is 85.0 Å². The summed E-state index contributed by atoms with van der Waals surface area (Å²) in [6, 6.07) is 7.03. The van der Waals surface area contributed by atoms with E-state index < -0.39 is 0 Å². The van der Waals surface area contributed by atoms with Crippen LogP contribution in [0.3, 0.4) is 0 Å². The maximum absolute atomic E-state index is 12.9. The summed E-state index contributed by atoms with van der Waals surface area (Å²) in [7, 11) is 0. The van der Waals surface area contributed by atoms with E-state index >= 15 is 0 Å². The number of nitrogens with one attached hydrogen (secondary N) is 1. The van der Waals surface area contributed by atoms with Crippen molar-refractivity contribution in [2.24, 2.45) is 0 Å². The van der Waals surface area contributed by atoms with E-state index in [0.29, 0.717) is 12.6 Å². The molecular weight excluding hydrogens is 348 g/mol. The molecule has 2 amide bonds. The minimum Gasteiger partial charge on any atom is -0.336 e. The van der Waals surface area contributed by atoms with E-state index in [4.69, 9.17) is 0 Å². The van der Waals surface area contributed by atoms with Crippen LogP contribution in [0.4, 0.5) is 4.79 Å². The maximum Gasteiger partial charge on any atom is 0.318 e. The molecule has 0 unspecified atom stereocenters. The quantitative estimate of drug-likeness (QED) is 0.780. The van der Waals surface area contributed by atoms with Crippen molar-refractivity contribution in [3.8, 4) is 0 Å². The van der Waals surface area contributed by atoms with Crippen LogP contribution in [0.5, 0.6) is 0 Å². The van der Waals surface area contributed by atoms with Gasteiger partial charge in [0.2, 0.25) is 0 Å². The molecule has 0 radical (unpaired) electrons. The Morgan fingerprint density at radius 3 is 2.71 bits per heavy atom. The second-order valence-electron chi connectivity index (χ2n) is 8.43. The Morgan fingerprint density at radius 1 is 1.25 bits per heavy atom. The maximum atomic E-state index is 12.9. The van der Waals surface area contributed by atoms with Crippen LogP contribution in [0.15, 0.2) is 30.6 Å². The normalized spacial score (nSPS) is 15.0. The van der Waals surface area contributed by atoms with Crippen LogP contribution >= 0.6 is 0 Å². The molecule has 1 N–H and O–H groups in total.